The quantitative estimate of drug-likeness (QED) is 0.165. The van der Waals surface area contributed by atoms with Crippen LogP contribution in [0.4, 0.5) is 4.79 Å². The molecule has 0 saturated carbocycles. The Morgan fingerprint density at radius 2 is 1.92 bits per heavy atom. The molecule has 7 rings (SSSR count). The van der Waals surface area contributed by atoms with E-state index in [2.05, 4.69) is 60.3 Å². The van der Waals surface area contributed by atoms with Gasteiger partial charge in [-0.3, -0.25) is 24.4 Å². The van der Waals surface area contributed by atoms with Gasteiger partial charge in [-0.05, 0) is 80.7 Å². The van der Waals surface area contributed by atoms with Gasteiger partial charge < -0.3 is 34.3 Å². The number of aliphatic hydroxyl groups is 1. The van der Waals surface area contributed by atoms with Crippen LogP contribution in [0, 0.1) is 23.2 Å². The highest BCUT2D eigenvalue weighted by Gasteiger charge is 2.41. The van der Waals surface area contributed by atoms with Gasteiger partial charge in [-0.2, -0.15) is 0 Å². The number of urea groups is 1. The monoisotopic (exact) mass is 884 g/mol. The molecule has 5 atom stereocenters. The predicted molar refractivity (Wildman–Crippen MR) is 242 cm³/mol. The summed E-state index contributed by atoms with van der Waals surface area (Å²) < 4.78 is 14.2. The molecule has 63 heavy (non-hydrogen) atoms. The van der Waals surface area contributed by atoms with E-state index in [0.717, 1.165) is 44.7 Å². The summed E-state index contributed by atoms with van der Waals surface area (Å²) in [7, 11) is 3.30. The van der Waals surface area contributed by atoms with Gasteiger partial charge in [-0.1, -0.05) is 40.7 Å². The Morgan fingerprint density at radius 1 is 1.16 bits per heavy atom. The Labute approximate surface area is 374 Å². The first-order valence-electron chi connectivity index (χ1n) is 22.3. The van der Waals surface area contributed by atoms with Crippen LogP contribution in [-0.4, -0.2) is 123 Å². The fourth-order valence-corrected chi connectivity index (χ4v) is 10.1. The molecule has 2 fully saturated rings. The van der Waals surface area contributed by atoms with E-state index in [1.54, 1.807) is 25.3 Å². The van der Waals surface area contributed by atoms with Crippen molar-refractivity contribution in [2.75, 3.05) is 47.0 Å². The maximum Gasteiger partial charge on any atom is 0.324 e. The van der Waals surface area contributed by atoms with Crippen molar-refractivity contribution in [1.29, 1.82) is 0 Å². The van der Waals surface area contributed by atoms with Crippen LogP contribution in [0.25, 0.3) is 33.4 Å². The average Bonchev–Trinajstić information content (AvgIpc) is 3.85. The smallest absolute Gasteiger partial charge is 0.324 e. The van der Waals surface area contributed by atoms with Crippen molar-refractivity contribution >= 4 is 46.1 Å². The number of nitrogens with zero attached hydrogens (tertiary/aromatic N) is 6. The Balaban J connectivity index is 1.27. The zero-order chi connectivity index (χ0) is 45.3. The molecule has 3 aliphatic rings. The van der Waals surface area contributed by atoms with E-state index >= 15 is 0 Å². The number of carbonyl (C=O) groups excluding carboxylic acids is 4. The molecule has 0 unspecified atom stereocenters. The minimum Gasteiger partial charge on any atom is -0.464 e. The third-order valence-corrected chi connectivity index (χ3v) is 13.9. The number of esters is 1. The summed E-state index contributed by atoms with van der Waals surface area (Å²) in [5, 5.41) is 17.8. The van der Waals surface area contributed by atoms with Crippen LogP contribution in [0.3, 0.4) is 0 Å². The molecule has 3 aliphatic heterocycles. The standard InChI is InChI=1S/C47H64N8O7S/c1-10-54-38-16-15-30-19-33(38)34(42(54)32-13-11-17-48-40(32)29(5)61-9)21-47(6,7)26-62-45(59)35-14-12-18-55(51-35)44(58)36(20-39-49-37(30)25-63-39)50-43(57)41(27(2)3)52(8)46(60)53-22-31(23-53)28(4)24-56/h11,13,15-17,19,25,27-29,31,35-36,41,51,56H,10,12,14,18,20-24,26H2,1-9H3,(H,50,57)/t28-,29-,35-,36-,41-/m0/s1. The van der Waals surface area contributed by atoms with E-state index < -0.39 is 41.3 Å². The van der Waals surface area contributed by atoms with Crippen molar-refractivity contribution in [2.24, 2.45) is 23.2 Å². The molecule has 2 saturated heterocycles. The number of carbonyl (C=O) groups is 4. The number of likely N-dealkylation sites (tertiary alicyclic amines) is 1. The third-order valence-electron chi connectivity index (χ3n) is 13.0. The molecule has 3 N–H and O–H groups in total. The van der Waals surface area contributed by atoms with Crippen LogP contribution in [0.15, 0.2) is 41.9 Å². The van der Waals surface area contributed by atoms with Gasteiger partial charge in [0.05, 0.1) is 34.8 Å². The normalized spacial score (nSPS) is 21.1. The number of methoxy groups -OCH3 is 1. The maximum atomic E-state index is 14.6. The van der Waals surface area contributed by atoms with E-state index in [1.807, 2.05) is 39.1 Å². The fraction of sp³-hybridized carbons (Fsp3) is 0.574. The largest absolute Gasteiger partial charge is 0.464 e. The van der Waals surface area contributed by atoms with Crippen molar-refractivity contribution in [3.63, 3.8) is 0 Å². The number of hydrazine groups is 1. The third kappa shape index (κ3) is 9.50. The van der Waals surface area contributed by atoms with Crippen LogP contribution < -0.4 is 10.7 Å². The number of hydrogen-bond acceptors (Lipinski definition) is 11. The number of ether oxygens (including phenoxy) is 2. The second-order valence-corrected chi connectivity index (χ2v) is 19.6. The van der Waals surface area contributed by atoms with Crippen molar-refractivity contribution in [1.82, 2.24) is 40.1 Å². The number of aryl methyl sites for hydroxylation is 1. The number of amides is 4. The Kier molecular flexibility index (Phi) is 13.9. The second-order valence-electron chi connectivity index (χ2n) is 18.7. The number of aliphatic hydroxyl groups excluding tert-OH is 1. The molecule has 0 spiro atoms. The molecule has 15 nitrogen and oxygen atoms in total. The van der Waals surface area contributed by atoms with Gasteiger partial charge in [0, 0.05) is 92.4 Å². The van der Waals surface area contributed by atoms with E-state index in [9.17, 15) is 24.3 Å². The van der Waals surface area contributed by atoms with Crippen molar-refractivity contribution in [3.05, 3.63) is 58.2 Å². The maximum absolute atomic E-state index is 14.6. The summed E-state index contributed by atoms with van der Waals surface area (Å²) in [6.07, 6.45) is 3.25. The number of aromatic nitrogens is 3. The highest BCUT2D eigenvalue weighted by atomic mass is 32.1. The van der Waals surface area contributed by atoms with Crippen molar-refractivity contribution < 1.29 is 33.8 Å². The molecule has 3 aromatic heterocycles. The highest BCUT2D eigenvalue weighted by Crippen LogP contribution is 2.42. The van der Waals surface area contributed by atoms with Crippen LogP contribution in [0.5, 0.6) is 0 Å². The molecular formula is C47H64N8O7S. The van der Waals surface area contributed by atoms with E-state index in [4.69, 9.17) is 19.4 Å². The lowest BCUT2D eigenvalue weighted by Gasteiger charge is -2.45. The molecule has 340 valence electrons. The summed E-state index contributed by atoms with van der Waals surface area (Å²) in [5.74, 6) is -1.32. The van der Waals surface area contributed by atoms with Crippen LogP contribution in [0.2, 0.25) is 0 Å². The lowest BCUT2D eigenvalue weighted by atomic mass is 9.84. The molecule has 0 aliphatic carbocycles. The first kappa shape index (κ1) is 46.1. The molecule has 16 heteroatoms. The first-order chi connectivity index (χ1) is 30.0. The Hall–Kier alpha value is -4.90. The van der Waals surface area contributed by atoms with Gasteiger partial charge in [0.1, 0.15) is 18.1 Å². The van der Waals surface area contributed by atoms with Crippen molar-refractivity contribution in [3.8, 4) is 22.5 Å². The number of pyridine rings is 1. The summed E-state index contributed by atoms with van der Waals surface area (Å²) in [6, 6.07) is 7.45. The highest BCUT2D eigenvalue weighted by molar-refractivity contribution is 7.10. The zero-order valence-electron chi connectivity index (χ0n) is 38.1. The summed E-state index contributed by atoms with van der Waals surface area (Å²) in [4.78, 5) is 69.4. The number of benzene rings is 1. The number of fused-ring (bicyclic) bond motifs is 6. The van der Waals surface area contributed by atoms with Gasteiger partial charge in [0.2, 0.25) is 5.91 Å². The van der Waals surface area contributed by atoms with Gasteiger partial charge in [-0.15, -0.1) is 11.3 Å². The first-order valence-corrected chi connectivity index (χ1v) is 23.2. The van der Waals surface area contributed by atoms with E-state index in [1.165, 1.54) is 21.2 Å². The molecule has 6 heterocycles. The van der Waals surface area contributed by atoms with Gasteiger partial charge in [0.25, 0.3) is 5.91 Å². The van der Waals surface area contributed by atoms with E-state index in [0.29, 0.717) is 50.4 Å². The van der Waals surface area contributed by atoms with Crippen LogP contribution in [-0.2, 0) is 43.2 Å². The molecule has 6 bridgehead atoms. The number of likely N-dealkylation sites (N-methyl/N-ethyl adjacent to an activating group) is 1. The van der Waals surface area contributed by atoms with Crippen LogP contribution >= 0.6 is 11.3 Å². The predicted octanol–water partition coefficient (Wildman–Crippen LogP) is 5.84. The number of cyclic esters (lactones) is 1. The Morgan fingerprint density at radius 3 is 2.62 bits per heavy atom. The number of nitrogens with one attached hydrogen (secondary N) is 2. The lowest BCUT2D eigenvalue weighted by molar-refractivity contribution is -0.155. The molecule has 4 aromatic rings. The van der Waals surface area contributed by atoms with Gasteiger partial charge in [-0.25, -0.2) is 15.2 Å². The SMILES string of the molecule is CCn1c(-c2cccnc2[C@H](C)OC)c2c3cc(ccc31)-c1csc(n1)C[C@H](NC(=O)[C@H](C(C)C)N(C)C(=O)N1CC([C@@H](C)CO)C1)C(=O)N1CCC[C@H](N1)C(=O)OCC(C)(C)C2. The summed E-state index contributed by atoms with van der Waals surface area (Å²) in [5.41, 5.74) is 9.32. The minimum atomic E-state index is -1.06. The lowest BCUT2D eigenvalue weighted by Crippen LogP contribution is -2.63. The number of rotatable bonds is 10. The molecular weight excluding hydrogens is 821 g/mol. The zero-order valence-corrected chi connectivity index (χ0v) is 39.0. The van der Waals surface area contributed by atoms with Gasteiger partial charge >= 0.3 is 12.0 Å². The molecule has 4 amide bonds. The van der Waals surface area contributed by atoms with Gasteiger partial charge in [0.15, 0.2) is 0 Å². The van der Waals surface area contributed by atoms with Crippen LogP contribution in [0.1, 0.15) is 83.7 Å². The molecule has 0 radical (unpaired) electrons. The fourth-order valence-electron chi connectivity index (χ4n) is 9.27. The Bertz CT molecular complexity index is 2320. The number of thiazole rings is 1. The van der Waals surface area contributed by atoms with E-state index in [-0.39, 0.29) is 49.5 Å². The summed E-state index contributed by atoms with van der Waals surface area (Å²) >= 11 is 1.42. The average molecular weight is 885 g/mol. The topological polar surface area (TPSA) is 171 Å². The van der Waals surface area contributed by atoms with Crippen molar-refractivity contribution in [2.45, 2.75) is 105 Å². The minimum absolute atomic E-state index is 0.0500. The number of hydrogen-bond donors (Lipinski definition) is 3. The second kappa shape index (κ2) is 19.1. The summed E-state index contributed by atoms with van der Waals surface area (Å²) in [6.45, 7) is 16.3. The molecule has 1 aromatic carbocycles.